The van der Waals surface area contributed by atoms with E-state index in [0.717, 1.165) is 5.56 Å². The van der Waals surface area contributed by atoms with Gasteiger partial charge in [0.1, 0.15) is 5.82 Å². The second kappa shape index (κ2) is 6.92. The average molecular weight is 375 g/mol. The molecule has 0 aliphatic carbocycles. The van der Waals surface area contributed by atoms with Crippen LogP contribution in [0.2, 0.25) is 0 Å². The zero-order valence-electron chi connectivity index (χ0n) is 13.5. The van der Waals surface area contributed by atoms with Crippen LogP contribution in [-0.2, 0) is 10.0 Å². The Morgan fingerprint density at radius 1 is 1.04 bits per heavy atom. The lowest BCUT2D eigenvalue weighted by atomic mass is 10.2. The number of aromatic amines is 1. The zero-order valence-corrected chi connectivity index (χ0v) is 14.3. The van der Waals surface area contributed by atoms with Crippen molar-refractivity contribution in [3.05, 3.63) is 65.6 Å². The summed E-state index contributed by atoms with van der Waals surface area (Å²) in [5.41, 5.74) is 0.988. The molecule has 8 nitrogen and oxygen atoms in total. The number of carbonyl (C=O) groups excluding carboxylic acids is 1. The highest BCUT2D eigenvalue weighted by Gasteiger charge is 2.22. The van der Waals surface area contributed by atoms with Gasteiger partial charge in [-0.05, 0) is 43.3 Å². The van der Waals surface area contributed by atoms with Crippen LogP contribution in [0.25, 0.3) is 0 Å². The predicted molar refractivity (Wildman–Crippen MR) is 92.7 cm³/mol. The first-order chi connectivity index (χ1) is 12.3. The van der Waals surface area contributed by atoms with Crippen molar-refractivity contribution in [3.63, 3.8) is 0 Å². The highest BCUT2D eigenvalue weighted by molar-refractivity contribution is 7.92. The molecule has 26 heavy (non-hydrogen) atoms. The van der Waals surface area contributed by atoms with Gasteiger partial charge in [0.25, 0.3) is 15.9 Å². The Bertz CT molecular complexity index is 1030. The second-order valence-electron chi connectivity index (χ2n) is 5.40. The number of hydrogen-bond acceptors (Lipinski definition) is 5. The molecule has 0 fully saturated rings. The Labute approximate surface area is 148 Å². The van der Waals surface area contributed by atoms with Gasteiger partial charge in [0.05, 0.1) is 4.90 Å². The molecule has 3 N–H and O–H groups in total. The van der Waals surface area contributed by atoms with Gasteiger partial charge in [-0.15, -0.1) is 10.2 Å². The molecule has 0 unspecified atom stereocenters. The minimum atomic E-state index is -3.94. The Hall–Kier alpha value is -3.27. The minimum absolute atomic E-state index is 0.0241. The molecule has 0 radical (unpaired) electrons. The van der Waals surface area contributed by atoms with Crippen LogP contribution in [0.4, 0.5) is 15.9 Å². The van der Waals surface area contributed by atoms with Crippen LogP contribution in [0.5, 0.6) is 0 Å². The maximum absolute atomic E-state index is 12.9. The van der Waals surface area contributed by atoms with Crippen LogP contribution in [0.15, 0.2) is 53.4 Å². The van der Waals surface area contributed by atoms with Gasteiger partial charge in [0.2, 0.25) is 0 Å². The Kier molecular flexibility index (Phi) is 4.67. The lowest BCUT2D eigenvalue weighted by molar-refractivity contribution is 0.102. The van der Waals surface area contributed by atoms with Crippen molar-refractivity contribution < 1.29 is 17.6 Å². The molecule has 0 saturated heterocycles. The number of halogens is 1. The smallest absolute Gasteiger partial charge is 0.280 e. The van der Waals surface area contributed by atoms with E-state index in [1.807, 2.05) is 6.92 Å². The van der Waals surface area contributed by atoms with Crippen LogP contribution in [0, 0.1) is 12.7 Å². The molecule has 1 heterocycles. The largest absolute Gasteiger partial charge is 0.320 e. The number of carbonyl (C=O) groups is 1. The monoisotopic (exact) mass is 375 g/mol. The van der Waals surface area contributed by atoms with E-state index in [1.165, 1.54) is 36.4 Å². The van der Waals surface area contributed by atoms with E-state index >= 15 is 0 Å². The average Bonchev–Trinajstić information content (AvgIpc) is 3.05. The normalized spacial score (nSPS) is 11.2. The summed E-state index contributed by atoms with van der Waals surface area (Å²) in [6.45, 7) is 1.83. The first-order valence-electron chi connectivity index (χ1n) is 7.42. The van der Waals surface area contributed by atoms with Crippen molar-refractivity contribution in [3.8, 4) is 0 Å². The number of sulfonamides is 1. The van der Waals surface area contributed by atoms with Crippen molar-refractivity contribution in [1.29, 1.82) is 0 Å². The lowest BCUT2D eigenvalue weighted by Crippen LogP contribution is -2.18. The molecule has 0 bridgehead atoms. The fourth-order valence-corrected chi connectivity index (χ4v) is 3.10. The second-order valence-corrected chi connectivity index (χ2v) is 7.08. The molecule has 0 atom stereocenters. The molecule has 0 aliphatic rings. The van der Waals surface area contributed by atoms with Gasteiger partial charge < -0.3 is 5.32 Å². The van der Waals surface area contributed by atoms with E-state index < -0.39 is 21.7 Å². The van der Waals surface area contributed by atoms with Gasteiger partial charge in [-0.3, -0.25) is 9.52 Å². The summed E-state index contributed by atoms with van der Waals surface area (Å²) in [6, 6.07) is 11.3. The summed E-state index contributed by atoms with van der Waals surface area (Å²) in [5.74, 6) is -1.40. The Morgan fingerprint density at radius 2 is 1.69 bits per heavy atom. The quantitative estimate of drug-likeness (QED) is 0.633. The van der Waals surface area contributed by atoms with Crippen LogP contribution >= 0.6 is 0 Å². The zero-order chi connectivity index (χ0) is 18.7. The number of hydrogen-bond donors (Lipinski definition) is 3. The molecule has 3 aromatic rings. The maximum atomic E-state index is 12.9. The Morgan fingerprint density at radius 3 is 2.35 bits per heavy atom. The molecule has 0 spiro atoms. The minimum Gasteiger partial charge on any atom is -0.320 e. The summed E-state index contributed by atoms with van der Waals surface area (Å²) >= 11 is 0. The topological polar surface area (TPSA) is 117 Å². The molecule has 3 rings (SSSR count). The molecule has 0 saturated carbocycles. The van der Waals surface area contributed by atoms with Crippen LogP contribution in [-0.4, -0.2) is 29.7 Å². The highest BCUT2D eigenvalue weighted by atomic mass is 32.2. The van der Waals surface area contributed by atoms with Crippen molar-refractivity contribution in [2.24, 2.45) is 0 Å². The van der Waals surface area contributed by atoms with Gasteiger partial charge in [0.15, 0.2) is 11.5 Å². The molecule has 1 aromatic heterocycles. The summed E-state index contributed by atoms with van der Waals surface area (Å²) in [4.78, 5) is 12.3. The van der Waals surface area contributed by atoms with Crippen LogP contribution in [0.3, 0.4) is 0 Å². The number of nitrogens with zero attached hydrogens (tertiary/aromatic N) is 2. The molecular formula is C16H14FN5O3S. The molecule has 1 amide bonds. The van der Waals surface area contributed by atoms with Gasteiger partial charge in [-0.1, -0.05) is 17.7 Å². The third-order valence-electron chi connectivity index (χ3n) is 3.43. The van der Waals surface area contributed by atoms with Crippen molar-refractivity contribution in [2.45, 2.75) is 11.8 Å². The molecule has 2 aromatic carbocycles. The molecule has 134 valence electrons. The number of H-pyrrole nitrogens is 1. The first-order valence-corrected chi connectivity index (χ1v) is 8.91. The van der Waals surface area contributed by atoms with E-state index in [-0.39, 0.29) is 16.4 Å². The summed E-state index contributed by atoms with van der Waals surface area (Å²) in [5, 5.41) is 12.0. The summed E-state index contributed by atoms with van der Waals surface area (Å²) in [6.07, 6.45) is 0. The Balaban J connectivity index is 1.80. The van der Waals surface area contributed by atoms with E-state index in [2.05, 4.69) is 25.4 Å². The number of benzene rings is 2. The fraction of sp³-hybridized carbons (Fsp3) is 0.0625. The van der Waals surface area contributed by atoms with Gasteiger partial charge in [0, 0.05) is 5.69 Å². The molecule has 0 aliphatic heterocycles. The van der Waals surface area contributed by atoms with Gasteiger partial charge in [-0.25, -0.2) is 12.8 Å². The third kappa shape index (κ3) is 3.86. The number of rotatable bonds is 5. The number of amides is 1. The van der Waals surface area contributed by atoms with Crippen LogP contribution in [0.1, 0.15) is 16.1 Å². The van der Waals surface area contributed by atoms with Crippen molar-refractivity contribution in [2.75, 3.05) is 10.0 Å². The molecular weight excluding hydrogens is 361 g/mol. The van der Waals surface area contributed by atoms with Gasteiger partial charge in [-0.2, -0.15) is 5.21 Å². The van der Waals surface area contributed by atoms with Gasteiger partial charge >= 0.3 is 0 Å². The number of aromatic nitrogens is 3. The standard InChI is InChI=1S/C16H14FN5O3S/c1-10-2-8-13(9-3-10)26(24,25)21-15-14(19-22-20-15)16(23)18-12-6-4-11(17)5-7-12/h2-9H,1H3,(H,18,23)(H2,19,20,21,22). The number of nitrogens with one attached hydrogen (secondary N) is 3. The first kappa shape index (κ1) is 17.5. The number of aryl methyl sites for hydroxylation is 1. The summed E-state index contributed by atoms with van der Waals surface area (Å²) in [7, 11) is -3.94. The number of anilines is 2. The third-order valence-corrected chi connectivity index (χ3v) is 4.78. The molecule has 10 heteroatoms. The van der Waals surface area contributed by atoms with Crippen molar-refractivity contribution in [1.82, 2.24) is 15.4 Å². The van der Waals surface area contributed by atoms with E-state index in [1.54, 1.807) is 12.1 Å². The predicted octanol–water partition coefficient (Wildman–Crippen LogP) is 2.31. The van der Waals surface area contributed by atoms with E-state index in [0.29, 0.717) is 5.69 Å². The van der Waals surface area contributed by atoms with Crippen molar-refractivity contribution >= 4 is 27.4 Å². The maximum Gasteiger partial charge on any atom is 0.280 e. The highest BCUT2D eigenvalue weighted by Crippen LogP contribution is 2.18. The van der Waals surface area contributed by atoms with E-state index in [4.69, 9.17) is 0 Å². The SMILES string of the molecule is Cc1ccc(S(=O)(=O)Nc2n[nH]nc2C(=O)Nc2ccc(F)cc2)cc1. The summed E-state index contributed by atoms with van der Waals surface area (Å²) < 4.78 is 40.0. The fourth-order valence-electron chi connectivity index (χ4n) is 2.09. The van der Waals surface area contributed by atoms with Crippen LogP contribution < -0.4 is 10.0 Å². The lowest BCUT2D eigenvalue weighted by Gasteiger charge is -2.07. The van der Waals surface area contributed by atoms with E-state index in [9.17, 15) is 17.6 Å².